The summed E-state index contributed by atoms with van der Waals surface area (Å²) in [6, 6.07) is 19.7. The molecule has 3 aromatic rings. The van der Waals surface area contributed by atoms with Crippen LogP contribution in [0, 0.1) is 0 Å². The van der Waals surface area contributed by atoms with Gasteiger partial charge in [-0.25, -0.2) is 5.06 Å². The van der Waals surface area contributed by atoms with Gasteiger partial charge in [0.05, 0.1) is 31.2 Å². The van der Waals surface area contributed by atoms with Gasteiger partial charge in [0.25, 0.3) is 5.91 Å². The van der Waals surface area contributed by atoms with Crippen molar-refractivity contribution in [3.8, 4) is 17.2 Å². The van der Waals surface area contributed by atoms with Crippen LogP contribution >= 0.6 is 11.6 Å². The Kier molecular flexibility index (Phi) is 7.35. The topological polar surface area (TPSA) is 85.3 Å². The maximum atomic E-state index is 12.8. The Labute approximate surface area is 202 Å². The van der Waals surface area contributed by atoms with Crippen molar-refractivity contribution in [3.05, 3.63) is 88.4 Å². The maximum Gasteiger partial charge on any atom is 0.311 e. The van der Waals surface area contributed by atoms with Crippen molar-refractivity contribution >= 4 is 23.5 Å². The molecule has 0 spiro atoms. The summed E-state index contributed by atoms with van der Waals surface area (Å²) in [6.45, 7) is 0.724. The van der Waals surface area contributed by atoms with E-state index in [1.54, 1.807) is 36.4 Å². The van der Waals surface area contributed by atoms with E-state index in [4.69, 9.17) is 25.9 Å². The summed E-state index contributed by atoms with van der Waals surface area (Å²) in [7, 11) is 1.47. The highest BCUT2D eigenvalue weighted by atomic mass is 35.5. The quantitative estimate of drug-likeness (QED) is 0.438. The van der Waals surface area contributed by atoms with Gasteiger partial charge in [0.1, 0.15) is 17.2 Å². The Morgan fingerprint density at radius 3 is 2.53 bits per heavy atom. The van der Waals surface area contributed by atoms with Crippen LogP contribution in [0.1, 0.15) is 33.8 Å². The molecule has 0 saturated carbocycles. The van der Waals surface area contributed by atoms with E-state index in [0.29, 0.717) is 54.4 Å². The van der Waals surface area contributed by atoms with E-state index in [-0.39, 0.29) is 10.9 Å². The molecule has 1 amide bonds. The summed E-state index contributed by atoms with van der Waals surface area (Å²) in [5.41, 5.74) is 2.10. The number of aliphatic carboxylic acids is 1. The molecule has 1 aliphatic rings. The Morgan fingerprint density at radius 1 is 1.12 bits per heavy atom. The molecule has 0 aromatic heterocycles. The van der Waals surface area contributed by atoms with Gasteiger partial charge in [0.2, 0.25) is 0 Å². The number of rotatable bonds is 8. The zero-order chi connectivity index (χ0) is 24.1. The molecule has 0 bridgehead atoms. The molecule has 0 saturated heterocycles. The third kappa shape index (κ3) is 5.32. The van der Waals surface area contributed by atoms with Gasteiger partial charge < -0.3 is 14.6 Å². The van der Waals surface area contributed by atoms with E-state index in [1.807, 2.05) is 30.3 Å². The van der Waals surface area contributed by atoms with Gasteiger partial charge in [0, 0.05) is 17.2 Å². The minimum atomic E-state index is -0.914. The molecule has 1 unspecified atom stereocenters. The molecular weight excluding hydrogens is 458 g/mol. The molecule has 1 heterocycles. The number of amides is 1. The minimum Gasteiger partial charge on any atom is -0.493 e. The SMILES string of the molecule is CON(CCc1ccccc1)C(=O)c1ccc(Oc2cc3c(cc2Cl)C(C(=O)O)CCO3)cc1. The lowest BCUT2D eigenvalue weighted by Gasteiger charge is -2.24. The molecular formula is C26H24ClNO6. The van der Waals surface area contributed by atoms with Crippen molar-refractivity contribution in [2.75, 3.05) is 20.3 Å². The molecule has 1 aliphatic heterocycles. The second kappa shape index (κ2) is 10.6. The predicted molar refractivity (Wildman–Crippen MR) is 127 cm³/mol. The molecule has 3 aromatic carbocycles. The number of hydrogen-bond donors (Lipinski definition) is 1. The summed E-state index contributed by atoms with van der Waals surface area (Å²) >= 11 is 6.36. The van der Waals surface area contributed by atoms with Crippen LogP contribution in [0.5, 0.6) is 17.2 Å². The molecule has 34 heavy (non-hydrogen) atoms. The van der Waals surface area contributed by atoms with E-state index < -0.39 is 11.9 Å². The minimum absolute atomic E-state index is 0.259. The number of halogens is 1. The van der Waals surface area contributed by atoms with Crippen molar-refractivity contribution < 1.29 is 29.0 Å². The van der Waals surface area contributed by atoms with E-state index in [2.05, 4.69) is 0 Å². The fraction of sp³-hybridized carbons (Fsp3) is 0.231. The lowest BCUT2D eigenvalue weighted by molar-refractivity contribution is -0.139. The number of carbonyl (C=O) groups excluding carboxylic acids is 1. The van der Waals surface area contributed by atoms with E-state index >= 15 is 0 Å². The molecule has 7 nitrogen and oxygen atoms in total. The Hall–Kier alpha value is -3.55. The van der Waals surface area contributed by atoms with Crippen LogP contribution < -0.4 is 9.47 Å². The second-order valence-electron chi connectivity index (χ2n) is 7.80. The average Bonchev–Trinajstić information content (AvgIpc) is 2.85. The standard InChI is InChI=1S/C26H24ClNO6/c1-32-28(13-11-17-5-3-2-4-6-17)25(29)18-7-9-19(10-8-18)34-24-16-23-21(15-22(24)27)20(26(30)31)12-14-33-23/h2-10,15-16,20H,11-14H2,1H3,(H,30,31). The first-order valence-electron chi connectivity index (χ1n) is 10.8. The monoisotopic (exact) mass is 481 g/mol. The van der Waals surface area contributed by atoms with Crippen LogP contribution in [0.25, 0.3) is 0 Å². The number of hydroxylamine groups is 2. The Morgan fingerprint density at radius 2 is 1.85 bits per heavy atom. The highest BCUT2D eigenvalue weighted by molar-refractivity contribution is 6.32. The molecule has 1 N–H and O–H groups in total. The number of fused-ring (bicyclic) bond motifs is 1. The number of hydrogen-bond acceptors (Lipinski definition) is 5. The van der Waals surface area contributed by atoms with E-state index in [1.165, 1.54) is 12.2 Å². The fourth-order valence-electron chi connectivity index (χ4n) is 3.81. The fourth-order valence-corrected chi connectivity index (χ4v) is 4.02. The summed E-state index contributed by atoms with van der Waals surface area (Å²) in [6.07, 6.45) is 1.06. The third-order valence-electron chi connectivity index (χ3n) is 5.62. The Balaban J connectivity index is 1.44. The largest absolute Gasteiger partial charge is 0.493 e. The van der Waals surface area contributed by atoms with Gasteiger partial charge in [-0.05, 0) is 48.7 Å². The zero-order valence-electron chi connectivity index (χ0n) is 18.6. The normalized spacial score (nSPS) is 14.6. The number of carboxylic acids is 1. The van der Waals surface area contributed by atoms with Crippen LogP contribution in [0.4, 0.5) is 0 Å². The summed E-state index contributed by atoms with van der Waals surface area (Å²) < 4.78 is 11.5. The van der Waals surface area contributed by atoms with Crippen molar-refractivity contribution in [1.82, 2.24) is 5.06 Å². The predicted octanol–water partition coefficient (Wildman–Crippen LogP) is 5.33. The third-order valence-corrected chi connectivity index (χ3v) is 5.92. The lowest BCUT2D eigenvalue weighted by atomic mass is 9.93. The summed E-state index contributed by atoms with van der Waals surface area (Å²) in [5, 5.41) is 11.0. The van der Waals surface area contributed by atoms with E-state index in [9.17, 15) is 14.7 Å². The number of benzene rings is 3. The van der Waals surface area contributed by atoms with Crippen LogP contribution in [0.3, 0.4) is 0 Å². The van der Waals surface area contributed by atoms with Gasteiger partial charge in [-0.2, -0.15) is 0 Å². The van der Waals surface area contributed by atoms with Crippen LogP contribution in [-0.4, -0.2) is 42.3 Å². The first-order chi connectivity index (χ1) is 16.5. The van der Waals surface area contributed by atoms with Crippen LogP contribution in [0.15, 0.2) is 66.7 Å². The van der Waals surface area contributed by atoms with Crippen molar-refractivity contribution in [2.45, 2.75) is 18.8 Å². The summed E-state index contributed by atoms with van der Waals surface area (Å²) in [4.78, 5) is 29.6. The van der Waals surface area contributed by atoms with Crippen molar-refractivity contribution in [3.63, 3.8) is 0 Å². The molecule has 0 radical (unpaired) electrons. The van der Waals surface area contributed by atoms with Gasteiger partial charge in [-0.1, -0.05) is 41.9 Å². The highest BCUT2D eigenvalue weighted by Gasteiger charge is 2.29. The van der Waals surface area contributed by atoms with Crippen LogP contribution in [-0.2, 0) is 16.1 Å². The summed E-state index contributed by atoms with van der Waals surface area (Å²) in [5.74, 6) is -0.581. The van der Waals surface area contributed by atoms with Gasteiger partial charge >= 0.3 is 5.97 Å². The molecule has 1 atom stereocenters. The molecule has 0 aliphatic carbocycles. The smallest absolute Gasteiger partial charge is 0.311 e. The van der Waals surface area contributed by atoms with Crippen LogP contribution in [0.2, 0.25) is 5.02 Å². The molecule has 0 fully saturated rings. The number of ether oxygens (including phenoxy) is 2. The number of carbonyl (C=O) groups is 2. The number of carboxylic acid groups (broad SMARTS) is 1. The van der Waals surface area contributed by atoms with Gasteiger partial charge in [-0.3, -0.25) is 14.4 Å². The van der Waals surface area contributed by atoms with Crippen molar-refractivity contribution in [1.29, 1.82) is 0 Å². The van der Waals surface area contributed by atoms with Gasteiger partial charge in [0.15, 0.2) is 0 Å². The first kappa shape index (κ1) is 23.6. The second-order valence-corrected chi connectivity index (χ2v) is 8.21. The Bertz CT molecular complexity index is 1170. The maximum absolute atomic E-state index is 12.8. The first-order valence-corrected chi connectivity index (χ1v) is 11.2. The van der Waals surface area contributed by atoms with Crippen molar-refractivity contribution in [2.24, 2.45) is 0 Å². The zero-order valence-corrected chi connectivity index (χ0v) is 19.3. The molecule has 8 heteroatoms. The lowest BCUT2D eigenvalue weighted by Crippen LogP contribution is -2.31. The molecule has 176 valence electrons. The highest BCUT2D eigenvalue weighted by Crippen LogP contribution is 2.41. The molecule has 4 rings (SSSR count). The number of nitrogens with zero attached hydrogens (tertiary/aromatic N) is 1. The average molecular weight is 482 g/mol. The van der Waals surface area contributed by atoms with E-state index in [0.717, 1.165) is 5.56 Å². The van der Waals surface area contributed by atoms with Gasteiger partial charge in [-0.15, -0.1) is 0 Å².